The molecule has 2 aliphatic heterocycles. The summed E-state index contributed by atoms with van der Waals surface area (Å²) < 4.78 is 37.2. The molecule has 2 aromatic carbocycles. The largest absolute Gasteiger partial charge is 0.497 e. The van der Waals surface area contributed by atoms with Crippen molar-refractivity contribution in [3.8, 4) is 11.5 Å². The van der Waals surface area contributed by atoms with E-state index >= 15 is 0 Å². The molecule has 2 aromatic rings. The zero-order valence-corrected chi connectivity index (χ0v) is 17.8. The van der Waals surface area contributed by atoms with Crippen LogP contribution in [-0.4, -0.2) is 59.5 Å². The van der Waals surface area contributed by atoms with Gasteiger partial charge in [-0.3, -0.25) is 9.21 Å². The summed E-state index contributed by atoms with van der Waals surface area (Å²) in [5.74, 6) is 1.66. The van der Waals surface area contributed by atoms with Crippen LogP contribution in [0.4, 0.5) is 5.69 Å². The van der Waals surface area contributed by atoms with Gasteiger partial charge in [0, 0.05) is 18.5 Å². The van der Waals surface area contributed by atoms with E-state index in [1.54, 1.807) is 11.4 Å². The SMILES string of the molecule is COc1ccc(OCCN2CCC3(CC2)CN(S(C)(=O)=O)c2ccccc23)cc1. The summed E-state index contributed by atoms with van der Waals surface area (Å²) >= 11 is 0. The third-order valence-corrected chi connectivity index (χ3v) is 7.27. The number of hydrogen-bond donors (Lipinski definition) is 0. The Morgan fingerprint density at radius 2 is 1.66 bits per heavy atom. The number of sulfonamides is 1. The highest BCUT2D eigenvalue weighted by molar-refractivity contribution is 7.92. The van der Waals surface area contributed by atoms with Crippen LogP contribution >= 0.6 is 0 Å². The van der Waals surface area contributed by atoms with Gasteiger partial charge in [0.1, 0.15) is 18.1 Å². The number of piperidine rings is 1. The maximum atomic E-state index is 12.3. The van der Waals surface area contributed by atoms with Gasteiger partial charge in [-0.25, -0.2) is 8.42 Å². The minimum atomic E-state index is -3.26. The first kappa shape index (κ1) is 20.0. The minimum Gasteiger partial charge on any atom is -0.497 e. The Morgan fingerprint density at radius 1 is 1.00 bits per heavy atom. The van der Waals surface area contributed by atoms with Crippen LogP contribution in [0.25, 0.3) is 0 Å². The zero-order chi connectivity index (χ0) is 20.5. The predicted octanol–water partition coefficient (Wildman–Crippen LogP) is 2.89. The lowest BCUT2D eigenvalue weighted by molar-refractivity contribution is 0.143. The van der Waals surface area contributed by atoms with Gasteiger partial charge in [0.15, 0.2) is 0 Å². The molecule has 1 fully saturated rings. The van der Waals surface area contributed by atoms with Gasteiger partial charge >= 0.3 is 0 Å². The van der Waals surface area contributed by atoms with Gasteiger partial charge in [-0.1, -0.05) is 18.2 Å². The van der Waals surface area contributed by atoms with E-state index in [0.29, 0.717) is 13.2 Å². The predicted molar refractivity (Wildman–Crippen MR) is 114 cm³/mol. The third-order valence-electron chi connectivity index (χ3n) is 6.14. The molecule has 2 heterocycles. The Labute approximate surface area is 173 Å². The fraction of sp³-hybridized carbons (Fsp3) is 0.455. The fourth-order valence-corrected chi connectivity index (χ4v) is 5.48. The second-order valence-electron chi connectivity index (χ2n) is 7.93. The highest BCUT2D eigenvalue weighted by Gasteiger charge is 2.46. The molecule has 6 nitrogen and oxygen atoms in total. The van der Waals surface area contributed by atoms with Crippen molar-refractivity contribution in [3.63, 3.8) is 0 Å². The molecular weight excluding hydrogens is 388 g/mol. The molecule has 4 rings (SSSR count). The van der Waals surface area contributed by atoms with E-state index in [-0.39, 0.29) is 5.41 Å². The first-order chi connectivity index (χ1) is 13.9. The van der Waals surface area contributed by atoms with Gasteiger partial charge in [-0.2, -0.15) is 0 Å². The number of anilines is 1. The maximum absolute atomic E-state index is 12.3. The molecule has 0 atom stereocenters. The van der Waals surface area contributed by atoms with Crippen LogP contribution in [-0.2, 0) is 15.4 Å². The zero-order valence-electron chi connectivity index (χ0n) is 17.0. The number of para-hydroxylation sites is 1. The standard InChI is InChI=1S/C22H28N2O4S/c1-27-18-7-9-19(10-8-18)28-16-15-23-13-11-22(12-14-23)17-24(29(2,25)26)21-6-4-3-5-20(21)22/h3-10H,11-17H2,1-2H3. The molecule has 0 N–H and O–H groups in total. The van der Waals surface area contributed by atoms with E-state index in [4.69, 9.17) is 9.47 Å². The Morgan fingerprint density at radius 3 is 2.31 bits per heavy atom. The summed E-state index contributed by atoms with van der Waals surface area (Å²) in [5, 5.41) is 0. The molecule has 1 saturated heterocycles. The number of nitrogens with zero attached hydrogens (tertiary/aromatic N) is 2. The second-order valence-corrected chi connectivity index (χ2v) is 9.84. The second kappa shape index (κ2) is 7.88. The maximum Gasteiger partial charge on any atom is 0.232 e. The summed E-state index contributed by atoms with van der Waals surface area (Å²) in [6, 6.07) is 15.6. The molecule has 0 unspecified atom stereocenters. The van der Waals surface area contributed by atoms with Crippen molar-refractivity contribution >= 4 is 15.7 Å². The molecule has 0 aliphatic carbocycles. The van der Waals surface area contributed by atoms with E-state index in [0.717, 1.165) is 49.7 Å². The topological polar surface area (TPSA) is 59.1 Å². The lowest BCUT2D eigenvalue weighted by Gasteiger charge is -2.39. The Balaban J connectivity index is 1.35. The molecule has 29 heavy (non-hydrogen) atoms. The smallest absolute Gasteiger partial charge is 0.232 e. The molecule has 0 bridgehead atoms. The first-order valence-corrected chi connectivity index (χ1v) is 11.8. The average Bonchev–Trinajstić information content (AvgIpc) is 3.05. The van der Waals surface area contributed by atoms with Gasteiger partial charge in [0.25, 0.3) is 0 Å². The van der Waals surface area contributed by atoms with Gasteiger partial charge in [-0.05, 0) is 61.8 Å². The van der Waals surface area contributed by atoms with E-state index < -0.39 is 10.0 Å². The van der Waals surface area contributed by atoms with Crippen LogP contribution < -0.4 is 13.8 Å². The third kappa shape index (κ3) is 4.07. The monoisotopic (exact) mass is 416 g/mol. The van der Waals surface area contributed by atoms with Crippen LogP contribution in [0.3, 0.4) is 0 Å². The van der Waals surface area contributed by atoms with Crippen molar-refractivity contribution in [2.75, 3.05) is 50.5 Å². The number of rotatable bonds is 6. The Bertz CT molecular complexity index is 951. The summed E-state index contributed by atoms with van der Waals surface area (Å²) in [4.78, 5) is 2.40. The van der Waals surface area contributed by atoms with Crippen molar-refractivity contribution in [1.82, 2.24) is 4.90 Å². The molecule has 156 valence electrons. The summed E-state index contributed by atoms with van der Waals surface area (Å²) in [5.41, 5.74) is 1.96. The van der Waals surface area contributed by atoms with Gasteiger partial charge in [0.2, 0.25) is 10.0 Å². The van der Waals surface area contributed by atoms with Crippen LogP contribution in [0.1, 0.15) is 18.4 Å². The van der Waals surface area contributed by atoms with Crippen molar-refractivity contribution in [1.29, 1.82) is 0 Å². The molecule has 0 aromatic heterocycles. The molecule has 7 heteroatoms. The van der Waals surface area contributed by atoms with E-state index in [1.165, 1.54) is 11.8 Å². The Hall–Kier alpha value is -2.25. The van der Waals surface area contributed by atoms with E-state index in [2.05, 4.69) is 11.0 Å². The van der Waals surface area contributed by atoms with Crippen LogP contribution in [0.5, 0.6) is 11.5 Å². The molecule has 1 spiro atoms. The van der Waals surface area contributed by atoms with E-state index in [1.807, 2.05) is 42.5 Å². The number of fused-ring (bicyclic) bond motifs is 2. The number of likely N-dealkylation sites (tertiary alicyclic amines) is 1. The fourth-order valence-electron chi connectivity index (χ4n) is 4.48. The average molecular weight is 417 g/mol. The van der Waals surface area contributed by atoms with Crippen molar-refractivity contribution < 1.29 is 17.9 Å². The van der Waals surface area contributed by atoms with Crippen LogP contribution in [0, 0.1) is 0 Å². The molecule has 2 aliphatic rings. The van der Waals surface area contributed by atoms with E-state index in [9.17, 15) is 8.42 Å². The molecule has 0 saturated carbocycles. The first-order valence-electron chi connectivity index (χ1n) is 9.98. The highest BCUT2D eigenvalue weighted by atomic mass is 32.2. The lowest BCUT2D eigenvalue weighted by Crippen LogP contribution is -2.46. The molecule has 0 radical (unpaired) electrons. The summed E-state index contributed by atoms with van der Waals surface area (Å²) in [6.45, 7) is 3.93. The lowest BCUT2D eigenvalue weighted by atomic mass is 9.74. The number of ether oxygens (including phenoxy) is 2. The number of methoxy groups -OCH3 is 1. The van der Waals surface area contributed by atoms with Crippen molar-refractivity contribution in [2.45, 2.75) is 18.3 Å². The Kier molecular flexibility index (Phi) is 5.44. The van der Waals surface area contributed by atoms with Gasteiger partial charge in [0.05, 0.1) is 19.1 Å². The van der Waals surface area contributed by atoms with Crippen molar-refractivity contribution in [2.24, 2.45) is 0 Å². The van der Waals surface area contributed by atoms with Crippen molar-refractivity contribution in [3.05, 3.63) is 54.1 Å². The van der Waals surface area contributed by atoms with Gasteiger partial charge in [-0.15, -0.1) is 0 Å². The van der Waals surface area contributed by atoms with Crippen LogP contribution in [0.15, 0.2) is 48.5 Å². The number of benzene rings is 2. The van der Waals surface area contributed by atoms with Crippen LogP contribution in [0.2, 0.25) is 0 Å². The summed E-state index contributed by atoms with van der Waals surface area (Å²) in [7, 11) is -1.61. The summed E-state index contributed by atoms with van der Waals surface area (Å²) in [6.07, 6.45) is 3.21. The number of hydrogen-bond acceptors (Lipinski definition) is 5. The quantitative estimate of drug-likeness (QED) is 0.725. The normalized spacial score (nSPS) is 18.6. The molecule has 0 amide bonds. The highest BCUT2D eigenvalue weighted by Crippen LogP contribution is 2.47. The molecular formula is C22H28N2O4S. The minimum absolute atomic E-state index is 0.0764. The van der Waals surface area contributed by atoms with Gasteiger partial charge < -0.3 is 9.47 Å².